The van der Waals surface area contributed by atoms with Crippen molar-refractivity contribution in [1.82, 2.24) is 0 Å². The number of hydrogen-bond donors (Lipinski definition) is 0. The maximum absolute atomic E-state index is 5.46. The first kappa shape index (κ1) is 9.69. The molecule has 1 heterocycles. The van der Waals surface area contributed by atoms with Crippen molar-refractivity contribution in [2.75, 3.05) is 13.7 Å². The molecule has 1 saturated heterocycles. The molecular weight excluding hydrogens is 176 g/mol. The molecule has 0 amide bonds. The highest BCUT2D eigenvalue weighted by Gasteiger charge is 2.22. The van der Waals surface area contributed by atoms with Gasteiger partial charge in [-0.25, -0.2) is 0 Å². The van der Waals surface area contributed by atoms with Crippen LogP contribution in [0.1, 0.15) is 24.3 Å². The summed E-state index contributed by atoms with van der Waals surface area (Å²) in [6.07, 6.45) is 2.05. The highest BCUT2D eigenvalue weighted by molar-refractivity contribution is 5.19. The van der Waals surface area contributed by atoms with Gasteiger partial charge in [0.2, 0.25) is 0 Å². The molecule has 0 bridgehead atoms. The third kappa shape index (κ3) is 2.14. The topological polar surface area (TPSA) is 18.5 Å². The zero-order chi connectivity index (χ0) is 9.80. The molecule has 2 atom stereocenters. The van der Waals surface area contributed by atoms with Crippen LogP contribution in [-0.4, -0.2) is 20.0 Å². The van der Waals surface area contributed by atoms with E-state index in [-0.39, 0.29) is 6.29 Å². The highest BCUT2D eigenvalue weighted by atomic mass is 16.7. The SMILES string of the molecule is COC1CC(c2ccccc2)CCO1. The summed E-state index contributed by atoms with van der Waals surface area (Å²) in [5.41, 5.74) is 1.40. The van der Waals surface area contributed by atoms with Gasteiger partial charge in [-0.3, -0.25) is 0 Å². The first-order valence-corrected chi connectivity index (χ1v) is 5.09. The van der Waals surface area contributed by atoms with Crippen LogP contribution >= 0.6 is 0 Å². The van der Waals surface area contributed by atoms with E-state index in [9.17, 15) is 0 Å². The molecule has 0 N–H and O–H groups in total. The summed E-state index contributed by atoms with van der Waals surface area (Å²) in [5.74, 6) is 0.592. The maximum Gasteiger partial charge on any atom is 0.157 e. The fourth-order valence-corrected chi connectivity index (χ4v) is 1.95. The molecule has 0 saturated carbocycles. The molecule has 1 aliphatic heterocycles. The predicted octanol–water partition coefficient (Wildman–Crippen LogP) is 2.55. The van der Waals surface area contributed by atoms with Crippen molar-refractivity contribution in [1.29, 1.82) is 0 Å². The first-order chi connectivity index (χ1) is 6.90. The van der Waals surface area contributed by atoms with Gasteiger partial charge in [-0.15, -0.1) is 0 Å². The van der Waals surface area contributed by atoms with Gasteiger partial charge in [-0.1, -0.05) is 30.3 Å². The second-order valence-corrected chi connectivity index (χ2v) is 3.67. The van der Waals surface area contributed by atoms with Crippen LogP contribution in [0.25, 0.3) is 0 Å². The summed E-state index contributed by atoms with van der Waals surface area (Å²) >= 11 is 0. The Labute approximate surface area is 84.8 Å². The average Bonchev–Trinajstić information content (AvgIpc) is 2.30. The van der Waals surface area contributed by atoms with Crippen molar-refractivity contribution < 1.29 is 9.47 Å². The monoisotopic (exact) mass is 192 g/mol. The zero-order valence-electron chi connectivity index (χ0n) is 8.48. The molecule has 2 unspecified atom stereocenters. The minimum atomic E-state index is -0.0195. The summed E-state index contributed by atoms with van der Waals surface area (Å²) in [7, 11) is 1.71. The van der Waals surface area contributed by atoms with Gasteiger partial charge in [0.25, 0.3) is 0 Å². The lowest BCUT2D eigenvalue weighted by molar-refractivity contribution is -0.150. The van der Waals surface area contributed by atoms with Crippen molar-refractivity contribution >= 4 is 0 Å². The van der Waals surface area contributed by atoms with E-state index in [1.54, 1.807) is 7.11 Å². The van der Waals surface area contributed by atoms with Crippen molar-refractivity contribution in [2.45, 2.75) is 25.0 Å². The van der Waals surface area contributed by atoms with Crippen LogP contribution in [0.2, 0.25) is 0 Å². The number of methoxy groups -OCH3 is 1. The van der Waals surface area contributed by atoms with E-state index in [2.05, 4.69) is 30.3 Å². The van der Waals surface area contributed by atoms with E-state index in [4.69, 9.17) is 9.47 Å². The van der Waals surface area contributed by atoms with E-state index in [0.29, 0.717) is 5.92 Å². The largest absolute Gasteiger partial charge is 0.356 e. The smallest absolute Gasteiger partial charge is 0.157 e. The second kappa shape index (κ2) is 4.58. The Hall–Kier alpha value is -0.860. The van der Waals surface area contributed by atoms with Crippen LogP contribution < -0.4 is 0 Å². The van der Waals surface area contributed by atoms with E-state index in [1.165, 1.54) is 5.56 Å². The van der Waals surface area contributed by atoms with Crippen LogP contribution in [0.3, 0.4) is 0 Å². The standard InChI is InChI=1S/C12H16O2/c1-13-12-9-11(7-8-14-12)10-5-3-2-4-6-10/h2-6,11-12H,7-9H2,1H3. The van der Waals surface area contributed by atoms with Gasteiger partial charge < -0.3 is 9.47 Å². The molecule has 0 aliphatic carbocycles. The lowest BCUT2D eigenvalue weighted by atomic mass is 9.91. The molecule has 0 aromatic heterocycles. The number of rotatable bonds is 2. The molecule has 14 heavy (non-hydrogen) atoms. The Morgan fingerprint density at radius 3 is 2.79 bits per heavy atom. The van der Waals surface area contributed by atoms with E-state index in [0.717, 1.165) is 19.4 Å². The quantitative estimate of drug-likeness (QED) is 0.717. The van der Waals surface area contributed by atoms with Gasteiger partial charge in [0.1, 0.15) is 0 Å². The minimum absolute atomic E-state index is 0.0195. The molecule has 2 nitrogen and oxygen atoms in total. The van der Waals surface area contributed by atoms with Gasteiger partial charge in [-0.2, -0.15) is 0 Å². The third-order valence-electron chi connectivity index (χ3n) is 2.78. The summed E-state index contributed by atoms with van der Waals surface area (Å²) in [5, 5.41) is 0. The average molecular weight is 192 g/mol. The van der Waals surface area contributed by atoms with Crippen LogP contribution in [0, 0.1) is 0 Å². The van der Waals surface area contributed by atoms with Crippen LogP contribution in [-0.2, 0) is 9.47 Å². The Morgan fingerprint density at radius 2 is 2.07 bits per heavy atom. The van der Waals surface area contributed by atoms with Gasteiger partial charge in [-0.05, 0) is 17.9 Å². The van der Waals surface area contributed by atoms with Gasteiger partial charge >= 0.3 is 0 Å². The normalized spacial score (nSPS) is 27.5. The van der Waals surface area contributed by atoms with Crippen molar-refractivity contribution in [3.63, 3.8) is 0 Å². The Balaban J connectivity index is 2.04. The lowest BCUT2D eigenvalue weighted by Gasteiger charge is -2.28. The molecule has 0 spiro atoms. The van der Waals surface area contributed by atoms with E-state index >= 15 is 0 Å². The molecule has 1 aromatic rings. The highest BCUT2D eigenvalue weighted by Crippen LogP contribution is 2.29. The maximum atomic E-state index is 5.46. The van der Waals surface area contributed by atoms with E-state index in [1.807, 2.05) is 0 Å². The lowest BCUT2D eigenvalue weighted by Crippen LogP contribution is -2.25. The minimum Gasteiger partial charge on any atom is -0.356 e. The molecule has 2 rings (SSSR count). The van der Waals surface area contributed by atoms with Crippen molar-refractivity contribution in [3.05, 3.63) is 35.9 Å². The molecule has 1 fully saturated rings. The molecular formula is C12H16O2. The van der Waals surface area contributed by atoms with Crippen LogP contribution in [0.15, 0.2) is 30.3 Å². The fourth-order valence-electron chi connectivity index (χ4n) is 1.95. The third-order valence-corrected chi connectivity index (χ3v) is 2.78. The number of ether oxygens (including phenoxy) is 2. The van der Waals surface area contributed by atoms with Gasteiger partial charge in [0.05, 0.1) is 6.61 Å². The number of hydrogen-bond acceptors (Lipinski definition) is 2. The Bertz CT molecular complexity index is 271. The summed E-state index contributed by atoms with van der Waals surface area (Å²) in [6, 6.07) is 10.6. The second-order valence-electron chi connectivity index (χ2n) is 3.67. The molecule has 76 valence electrons. The molecule has 1 aliphatic rings. The first-order valence-electron chi connectivity index (χ1n) is 5.09. The predicted molar refractivity (Wildman–Crippen MR) is 55.2 cm³/mol. The van der Waals surface area contributed by atoms with E-state index < -0.39 is 0 Å². The summed E-state index contributed by atoms with van der Waals surface area (Å²) in [4.78, 5) is 0. The zero-order valence-corrected chi connectivity index (χ0v) is 8.48. The summed E-state index contributed by atoms with van der Waals surface area (Å²) in [6.45, 7) is 0.804. The van der Waals surface area contributed by atoms with Crippen molar-refractivity contribution in [3.8, 4) is 0 Å². The Morgan fingerprint density at radius 1 is 1.29 bits per heavy atom. The van der Waals surface area contributed by atoms with Gasteiger partial charge in [0.15, 0.2) is 6.29 Å². The summed E-state index contributed by atoms with van der Waals surface area (Å²) < 4.78 is 10.7. The number of benzene rings is 1. The van der Waals surface area contributed by atoms with Crippen LogP contribution in [0.5, 0.6) is 0 Å². The van der Waals surface area contributed by atoms with Crippen LogP contribution in [0.4, 0.5) is 0 Å². The molecule has 0 radical (unpaired) electrons. The Kier molecular flexibility index (Phi) is 3.17. The van der Waals surface area contributed by atoms with Gasteiger partial charge in [0, 0.05) is 13.5 Å². The molecule has 1 aromatic carbocycles. The van der Waals surface area contributed by atoms with Crippen molar-refractivity contribution in [2.24, 2.45) is 0 Å². The fraction of sp³-hybridized carbons (Fsp3) is 0.500. The molecule has 2 heteroatoms.